The van der Waals surface area contributed by atoms with E-state index in [2.05, 4.69) is 9.97 Å². The molecule has 18 heavy (non-hydrogen) atoms. The predicted octanol–water partition coefficient (Wildman–Crippen LogP) is 2.18. The molecule has 94 valence electrons. The summed E-state index contributed by atoms with van der Waals surface area (Å²) in [6, 6.07) is 3.27. The number of H-pyrrole nitrogens is 1. The number of aryl methyl sites for hydroxylation is 1. The van der Waals surface area contributed by atoms with Crippen LogP contribution in [-0.4, -0.2) is 15.8 Å². The Labute approximate surface area is 104 Å². The molecule has 2 rings (SSSR count). The Bertz CT molecular complexity index is 625. The number of carbonyl (C=O) groups excluding carboxylic acids is 1. The Hall–Kier alpha value is -2.17. The van der Waals surface area contributed by atoms with Gasteiger partial charge >= 0.3 is 5.76 Å². The van der Waals surface area contributed by atoms with Crippen molar-refractivity contribution in [2.45, 2.75) is 26.7 Å². The molecule has 0 radical (unpaired) electrons. The van der Waals surface area contributed by atoms with E-state index in [0.717, 1.165) is 12.1 Å². The van der Waals surface area contributed by atoms with Gasteiger partial charge in [0.15, 0.2) is 11.5 Å². The van der Waals surface area contributed by atoms with Crippen molar-refractivity contribution in [2.24, 2.45) is 0 Å². The lowest BCUT2D eigenvalue weighted by molar-refractivity contribution is 0.101. The number of nitrogens with zero attached hydrogens (tertiary/aromatic N) is 1. The fourth-order valence-electron chi connectivity index (χ4n) is 1.77. The minimum Gasteiger partial charge on any atom is -0.406 e. The summed E-state index contributed by atoms with van der Waals surface area (Å²) in [5.41, 5.74) is 1.77. The van der Waals surface area contributed by atoms with Crippen LogP contribution in [0.1, 0.15) is 36.3 Å². The van der Waals surface area contributed by atoms with Gasteiger partial charge in [-0.15, -0.1) is 0 Å². The molecule has 0 spiro atoms. The van der Waals surface area contributed by atoms with E-state index in [1.165, 1.54) is 13.1 Å². The number of aromatic nitrogens is 2. The number of Topliss-reactive ketones (excluding diaryl/α,β-unsaturated/α-hetero) is 1. The van der Waals surface area contributed by atoms with Crippen LogP contribution in [0.25, 0.3) is 11.5 Å². The van der Waals surface area contributed by atoms with Crippen molar-refractivity contribution in [3.63, 3.8) is 0 Å². The van der Waals surface area contributed by atoms with Gasteiger partial charge < -0.3 is 4.42 Å². The van der Waals surface area contributed by atoms with Crippen molar-refractivity contribution >= 4 is 5.78 Å². The van der Waals surface area contributed by atoms with Crippen LogP contribution < -0.4 is 5.76 Å². The van der Waals surface area contributed by atoms with Gasteiger partial charge in [-0.1, -0.05) is 13.3 Å². The number of hydrogen-bond acceptors (Lipinski definition) is 4. The van der Waals surface area contributed by atoms with E-state index in [-0.39, 0.29) is 5.78 Å². The zero-order valence-electron chi connectivity index (χ0n) is 10.3. The summed E-state index contributed by atoms with van der Waals surface area (Å²) in [5.74, 6) is -0.123. The first-order chi connectivity index (χ1) is 8.61. The van der Waals surface area contributed by atoms with Crippen molar-refractivity contribution in [2.75, 3.05) is 0 Å². The molecule has 0 aliphatic heterocycles. The summed E-state index contributed by atoms with van der Waals surface area (Å²) in [7, 11) is 0. The second-order valence-electron chi connectivity index (χ2n) is 4.06. The van der Waals surface area contributed by atoms with E-state index in [0.29, 0.717) is 23.4 Å². The maximum atomic E-state index is 11.3. The molecule has 0 aliphatic rings. The van der Waals surface area contributed by atoms with Gasteiger partial charge in [0.05, 0.1) is 5.69 Å². The number of aromatic amines is 1. The van der Waals surface area contributed by atoms with Gasteiger partial charge in [0.1, 0.15) is 5.69 Å². The molecular weight excluding hydrogens is 232 g/mol. The van der Waals surface area contributed by atoms with Crippen molar-refractivity contribution in [3.8, 4) is 11.5 Å². The monoisotopic (exact) mass is 246 g/mol. The molecule has 5 heteroatoms. The molecule has 0 atom stereocenters. The average Bonchev–Trinajstić information content (AvgIpc) is 2.71. The number of oxazole rings is 1. The molecule has 2 heterocycles. The average molecular weight is 246 g/mol. The summed E-state index contributed by atoms with van der Waals surface area (Å²) in [4.78, 5) is 29.4. The topological polar surface area (TPSA) is 76.0 Å². The highest BCUT2D eigenvalue weighted by atomic mass is 16.4. The molecule has 0 aromatic carbocycles. The number of pyridine rings is 1. The van der Waals surface area contributed by atoms with E-state index in [1.807, 2.05) is 6.92 Å². The molecule has 0 saturated carbocycles. The maximum Gasteiger partial charge on any atom is 0.417 e. The van der Waals surface area contributed by atoms with Crippen LogP contribution in [-0.2, 0) is 6.42 Å². The van der Waals surface area contributed by atoms with Gasteiger partial charge in [-0.05, 0) is 25.5 Å². The fraction of sp³-hybridized carbons (Fsp3) is 0.308. The molecule has 0 bridgehead atoms. The molecule has 0 fully saturated rings. The van der Waals surface area contributed by atoms with Crippen molar-refractivity contribution in [3.05, 3.63) is 40.1 Å². The summed E-state index contributed by atoms with van der Waals surface area (Å²) in [6.45, 7) is 3.49. The molecule has 0 saturated heterocycles. The highest BCUT2D eigenvalue weighted by molar-refractivity contribution is 5.94. The third-order valence-electron chi connectivity index (χ3n) is 2.62. The first-order valence-electron chi connectivity index (χ1n) is 5.81. The van der Waals surface area contributed by atoms with E-state index < -0.39 is 5.76 Å². The molecule has 1 N–H and O–H groups in total. The Morgan fingerprint density at radius 3 is 2.94 bits per heavy atom. The largest absolute Gasteiger partial charge is 0.417 e. The summed E-state index contributed by atoms with van der Waals surface area (Å²) >= 11 is 0. The van der Waals surface area contributed by atoms with Crippen molar-refractivity contribution < 1.29 is 9.21 Å². The lowest BCUT2D eigenvalue weighted by Crippen LogP contribution is -1.96. The smallest absolute Gasteiger partial charge is 0.406 e. The Morgan fingerprint density at radius 1 is 1.50 bits per heavy atom. The SMILES string of the molecule is CCCc1[nH]c(=O)oc1-c1cc(C(C)=O)ccn1. The van der Waals surface area contributed by atoms with E-state index in [1.54, 1.807) is 12.1 Å². The summed E-state index contributed by atoms with van der Waals surface area (Å²) in [6.07, 6.45) is 3.12. The van der Waals surface area contributed by atoms with Crippen LogP contribution in [0.3, 0.4) is 0 Å². The number of hydrogen-bond donors (Lipinski definition) is 1. The highest BCUT2D eigenvalue weighted by Crippen LogP contribution is 2.21. The van der Waals surface area contributed by atoms with Crippen LogP contribution in [0.15, 0.2) is 27.5 Å². The van der Waals surface area contributed by atoms with Crippen LogP contribution >= 0.6 is 0 Å². The first-order valence-corrected chi connectivity index (χ1v) is 5.81. The lowest BCUT2D eigenvalue weighted by atomic mass is 10.1. The Morgan fingerprint density at radius 2 is 2.28 bits per heavy atom. The van der Waals surface area contributed by atoms with Gasteiger partial charge in [-0.25, -0.2) is 4.79 Å². The van der Waals surface area contributed by atoms with E-state index in [9.17, 15) is 9.59 Å². The second kappa shape index (κ2) is 5.00. The number of rotatable bonds is 4. The number of ketones is 1. The number of carbonyl (C=O) groups is 1. The molecular formula is C13H14N2O3. The standard InChI is InChI=1S/C13H14N2O3/c1-3-4-10-12(18-13(17)15-10)11-7-9(8(2)16)5-6-14-11/h5-7H,3-4H2,1-2H3,(H,15,17). The van der Waals surface area contributed by atoms with Gasteiger partial charge in [0.25, 0.3) is 0 Å². The minimum absolute atomic E-state index is 0.0476. The van der Waals surface area contributed by atoms with Gasteiger partial charge in [0.2, 0.25) is 0 Å². The number of nitrogens with one attached hydrogen (secondary N) is 1. The van der Waals surface area contributed by atoms with Gasteiger partial charge in [-0.3, -0.25) is 14.8 Å². The Kier molecular flexibility index (Phi) is 3.41. The molecule has 0 amide bonds. The highest BCUT2D eigenvalue weighted by Gasteiger charge is 2.14. The molecule has 2 aromatic heterocycles. The first kappa shape index (κ1) is 12.3. The normalized spacial score (nSPS) is 10.6. The lowest BCUT2D eigenvalue weighted by Gasteiger charge is -2.01. The minimum atomic E-state index is -0.497. The van der Waals surface area contributed by atoms with Crippen LogP contribution in [0, 0.1) is 0 Å². The zero-order chi connectivity index (χ0) is 13.1. The van der Waals surface area contributed by atoms with Gasteiger partial charge in [-0.2, -0.15) is 0 Å². The third kappa shape index (κ3) is 2.40. The maximum absolute atomic E-state index is 11.3. The fourth-order valence-corrected chi connectivity index (χ4v) is 1.77. The molecule has 2 aromatic rings. The van der Waals surface area contributed by atoms with E-state index >= 15 is 0 Å². The van der Waals surface area contributed by atoms with Crippen LogP contribution in [0.2, 0.25) is 0 Å². The summed E-state index contributed by atoms with van der Waals surface area (Å²) in [5, 5.41) is 0. The molecule has 0 unspecified atom stereocenters. The third-order valence-corrected chi connectivity index (χ3v) is 2.62. The zero-order valence-corrected chi connectivity index (χ0v) is 10.3. The quantitative estimate of drug-likeness (QED) is 0.839. The van der Waals surface area contributed by atoms with Crippen molar-refractivity contribution in [1.82, 2.24) is 9.97 Å². The molecule has 5 nitrogen and oxygen atoms in total. The predicted molar refractivity (Wildman–Crippen MR) is 66.6 cm³/mol. The van der Waals surface area contributed by atoms with E-state index in [4.69, 9.17) is 4.42 Å². The van der Waals surface area contributed by atoms with Crippen LogP contribution in [0.4, 0.5) is 0 Å². The van der Waals surface area contributed by atoms with Crippen LogP contribution in [0.5, 0.6) is 0 Å². The summed E-state index contributed by atoms with van der Waals surface area (Å²) < 4.78 is 5.10. The molecule has 0 aliphatic carbocycles. The Balaban J connectivity index is 2.51. The second-order valence-corrected chi connectivity index (χ2v) is 4.06. The van der Waals surface area contributed by atoms with Gasteiger partial charge in [0, 0.05) is 11.8 Å². The van der Waals surface area contributed by atoms with Crippen molar-refractivity contribution in [1.29, 1.82) is 0 Å².